The molecule has 0 saturated heterocycles. The number of para-hydroxylation sites is 1. The maximum atomic E-state index is 5.50. The maximum Gasteiger partial charge on any atom is 0.123 e. The Labute approximate surface area is 111 Å². The average molecular weight is 247 g/mol. The molecule has 100 valence electrons. The second-order valence-electron chi connectivity index (χ2n) is 5.24. The molecule has 1 atom stereocenters. The molecule has 1 aliphatic rings. The second-order valence-corrected chi connectivity index (χ2v) is 5.24. The largest absolute Gasteiger partial charge is 0.496 e. The van der Waals surface area contributed by atoms with Gasteiger partial charge in [0.15, 0.2) is 0 Å². The van der Waals surface area contributed by atoms with Gasteiger partial charge in [-0.05, 0) is 24.9 Å². The van der Waals surface area contributed by atoms with Gasteiger partial charge in [0.05, 0.1) is 7.11 Å². The van der Waals surface area contributed by atoms with E-state index in [1.165, 1.54) is 37.7 Å². The minimum atomic E-state index is 0.439. The molecule has 1 saturated carbocycles. The molecule has 1 N–H and O–H groups in total. The van der Waals surface area contributed by atoms with Gasteiger partial charge >= 0.3 is 0 Å². The third-order valence-corrected chi connectivity index (χ3v) is 4.01. The topological polar surface area (TPSA) is 21.3 Å². The molecule has 0 heterocycles. The summed E-state index contributed by atoms with van der Waals surface area (Å²) in [5, 5.41) is 3.62. The summed E-state index contributed by atoms with van der Waals surface area (Å²) >= 11 is 0. The highest BCUT2D eigenvalue weighted by Gasteiger charge is 2.22. The molecular weight excluding hydrogens is 222 g/mol. The van der Waals surface area contributed by atoms with E-state index in [9.17, 15) is 0 Å². The SMILES string of the molecule is CCNC(CC1CCCC1)c1ccccc1OC. The van der Waals surface area contributed by atoms with Crippen molar-refractivity contribution in [1.29, 1.82) is 0 Å². The Morgan fingerprint density at radius 2 is 2.00 bits per heavy atom. The summed E-state index contributed by atoms with van der Waals surface area (Å²) in [7, 11) is 1.76. The van der Waals surface area contributed by atoms with Crippen molar-refractivity contribution in [3.8, 4) is 5.75 Å². The van der Waals surface area contributed by atoms with Crippen molar-refractivity contribution < 1.29 is 4.74 Å². The number of hydrogen-bond donors (Lipinski definition) is 1. The zero-order valence-corrected chi connectivity index (χ0v) is 11.6. The normalized spacial score (nSPS) is 17.9. The molecule has 0 radical (unpaired) electrons. The molecule has 1 aromatic rings. The van der Waals surface area contributed by atoms with Gasteiger partial charge in [0.1, 0.15) is 5.75 Å². The number of ether oxygens (including phenoxy) is 1. The van der Waals surface area contributed by atoms with Crippen LogP contribution in [0.2, 0.25) is 0 Å². The van der Waals surface area contributed by atoms with Gasteiger partial charge in [0.25, 0.3) is 0 Å². The van der Waals surface area contributed by atoms with E-state index >= 15 is 0 Å². The number of benzene rings is 1. The van der Waals surface area contributed by atoms with Crippen LogP contribution >= 0.6 is 0 Å². The Bertz CT molecular complexity index is 358. The van der Waals surface area contributed by atoms with Crippen LogP contribution in [0.1, 0.15) is 50.6 Å². The third-order valence-electron chi connectivity index (χ3n) is 4.01. The minimum Gasteiger partial charge on any atom is -0.496 e. The van der Waals surface area contributed by atoms with E-state index < -0.39 is 0 Å². The summed E-state index contributed by atoms with van der Waals surface area (Å²) in [6.07, 6.45) is 6.87. The van der Waals surface area contributed by atoms with E-state index in [1.54, 1.807) is 7.11 Å². The lowest BCUT2D eigenvalue weighted by Crippen LogP contribution is -2.23. The molecule has 1 aromatic carbocycles. The molecule has 0 aliphatic heterocycles. The highest BCUT2D eigenvalue weighted by atomic mass is 16.5. The highest BCUT2D eigenvalue weighted by Crippen LogP contribution is 2.35. The number of methoxy groups -OCH3 is 1. The number of nitrogens with one attached hydrogen (secondary N) is 1. The van der Waals surface area contributed by atoms with Crippen LogP contribution in [0.4, 0.5) is 0 Å². The third kappa shape index (κ3) is 3.26. The summed E-state index contributed by atoms with van der Waals surface area (Å²) in [6, 6.07) is 8.85. The molecule has 1 unspecified atom stereocenters. The second kappa shape index (κ2) is 6.79. The number of rotatable bonds is 6. The van der Waals surface area contributed by atoms with E-state index in [-0.39, 0.29) is 0 Å². The molecular formula is C16H25NO. The summed E-state index contributed by atoms with van der Waals surface area (Å²) in [6.45, 7) is 3.19. The van der Waals surface area contributed by atoms with Crippen LogP contribution in [0.5, 0.6) is 5.75 Å². The zero-order valence-electron chi connectivity index (χ0n) is 11.6. The van der Waals surface area contributed by atoms with Crippen molar-refractivity contribution in [2.45, 2.75) is 45.1 Å². The van der Waals surface area contributed by atoms with Gasteiger partial charge < -0.3 is 10.1 Å². The molecule has 2 rings (SSSR count). The fraction of sp³-hybridized carbons (Fsp3) is 0.625. The Morgan fingerprint density at radius 1 is 1.28 bits per heavy atom. The van der Waals surface area contributed by atoms with Crippen LogP contribution in [0.25, 0.3) is 0 Å². The van der Waals surface area contributed by atoms with Crippen molar-refractivity contribution in [2.75, 3.05) is 13.7 Å². The Hall–Kier alpha value is -1.02. The van der Waals surface area contributed by atoms with Crippen molar-refractivity contribution in [1.82, 2.24) is 5.32 Å². The molecule has 1 fully saturated rings. The van der Waals surface area contributed by atoms with Gasteiger partial charge in [-0.15, -0.1) is 0 Å². The molecule has 0 spiro atoms. The lowest BCUT2D eigenvalue weighted by molar-refractivity contribution is 0.370. The van der Waals surface area contributed by atoms with Gasteiger partial charge in [0, 0.05) is 11.6 Å². The summed E-state index contributed by atoms with van der Waals surface area (Å²) in [4.78, 5) is 0. The van der Waals surface area contributed by atoms with Gasteiger partial charge in [-0.25, -0.2) is 0 Å². The summed E-state index contributed by atoms with van der Waals surface area (Å²) in [5.41, 5.74) is 1.31. The van der Waals surface area contributed by atoms with Gasteiger partial charge in [0.2, 0.25) is 0 Å². The maximum absolute atomic E-state index is 5.50. The van der Waals surface area contributed by atoms with Crippen LogP contribution in [-0.4, -0.2) is 13.7 Å². The fourth-order valence-electron chi connectivity index (χ4n) is 3.10. The zero-order chi connectivity index (χ0) is 12.8. The predicted octanol–water partition coefficient (Wildman–Crippen LogP) is 3.93. The molecule has 0 aromatic heterocycles. The van der Waals surface area contributed by atoms with Crippen molar-refractivity contribution >= 4 is 0 Å². The van der Waals surface area contributed by atoms with Crippen molar-refractivity contribution in [3.63, 3.8) is 0 Å². The van der Waals surface area contributed by atoms with E-state index in [0.717, 1.165) is 18.2 Å². The lowest BCUT2D eigenvalue weighted by Gasteiger charge is -2.23. The van der Waals surface area contributed by atoms with Crippen molar-refractivity contribution in [3.05, 3.63) is 29.8 Å². The first-order chi connectivity index (χ1) is 8.85. The first-order valence-electron chi connectivity index (χ1n) is 7.21. The Kier molecular flexibility index (Phi) is 5.06. The van der Waals surface area contributed by atoms with E-state index in [4.69, 9.17) is 4.74 Å². The molecule has 18 heavy (non-hydrogen) atoms. The molecule has 2 heteroatoms. The molecule has 1 aliphatic carbocycles. The van der Waals surface area contributed by atoms with Crippen LogP contribution < -0.4 is 10.1 Å². The quantitative estimate of drug-likeness (QED) is 0.822. The average Bonchev–Trinajstić information content (AvgIpc) is 2.91. The van der Waals surface area contributed by atoms with E-state index in [2.05, 4.69) is 30.4 Å². The van der Waals surface area contributed by atoms with Crippen LogP contribution in [0, 0.1) is 5.92 Å². The standard InChI is InChI=1S/C16H25NO/c1-3-17-15(12-13-8-4-5-9-13)14-10-6-7-11-16(14)18-2/h6-7,10-11,13,15,17H,3-5,8-9,12H2,1-2H3. The van der Waals surface area contributed by atoms with E-state index in [0.29, 0.717) is 6.04 Å². The summed E-state index contributed by atoms with van der Waals surface area (Å²) in [5.74, 6) is 1.90. The minimum absolute atomic E-state index is 0.439. The monoisotopic (exact) mass is 247 g/mol. The fourth-order valence-corrected chi connectivity index (χ4v) is 3.10. The van der Waals surface area contributed by atoms with Crippen LogP contribution in [-0.2, 0) is 0 Å². The molecule has 2 nitrogen and oxygen atoms in total. The molecule has 0 bridgehead atoms. The van der Waals surface area contributed by atoms with Crippen LogP contribution in [0.3, 0.4) is 0 Å². The highest BCUT2D eigenvalue weighted by molar-refractivity contribution is 5.35. The lowest BCUT2D eigenvalue weighted by atomic mass is 9.93. The van der Waals surface area contributed by atoms with Gasteiger partial charge in [-0.1, -0.05) is 50.8 Å². The number of hydrogen-bond acceptors (Lipinski definition) is 2. The van der Waals surface area contributed by atoms with Gasteiger partial charge in [-0.3, -0.25) is 0 Å². The Balaban J connectivity index is 2.11. The first kappa shape index (κ1) is 13.4. The Morgan fingerprint density at radius 3 is 2.67 bits per heavy atom. The predicted molar refractivity (Wildman–Crippen MR) is 76.0 cm³/mol. The van der Waals surface area contributed by atoms with Gasteiger partial charge in [-0.2, -0.15) is 0 Å². The first-order valence-corrected chi connectivity index (χ1v) is 7.21. The molecule has 0 amide bonds. The van der Waals surface area contributed by atoms with Crippen LogP contribution in [0.15, 0.2) is 24.3 Å². The van der Waals surface area contributed by atoms with Crippen molar-refractivity contribution in [2.24, 2.45) is 5.92 Å². The van der Waals surface area contributed by atoms with E-state index in [1.807, 2.05) is 6.07 Å². The smallest absolute Gasteiger partial charge is 0.123 e. The summed E-state index contributed by atoms with van der Waals surface area (Å²) < 4.78 is 5.50.